The molecule has 5 nitrogen and oxygen atoms in total. The van der Waals surface area contributed by atoms with Crippen molar-refractivity contribution in [1.82, 2.24) is 10.6 Å². The second kappa shape index (κ2) is 7.10. The lowest BCUT2D eigenvalue weighted by molar-refractivity contribution is 0.501. The summed E-state index contributed by atoms with van der Waals surface area (Å²) in [7, 11) is 1.62. The van der Waals surface area contributed by atoms with Crippen molar-refractivity contribution in [1.29, 1.82) is 5.26 Å². The Morgan fingerprint density at radius 3 is 2.81 bits per heavy atom. The first-order valence-electron chi connectivity index (χ1n) is 6.38. The van der Waals surface area contributed by atoms with Crippen LogP contribution in [0.25, 0.3) is 0 Å². The second-order valence-corrected chi connectivity index (χ2v) is 4.28. The Hall–Kier alpha value is -2.81. The van der Waals surface area contributed by atoms with Crippen LogP contribution in [0.3, 0.4) is 0 Å². The number of aliphatic imine (C=N–C) groups is 1. The van der Waals surface area contributed by atoms with Crippen molar-refractivity contribution in [2.75, 3.05) is 7.05 Å². The molecule has 0 fully saturated rings. The minimum atomic E-state index is -0.358. The van der Waals surface area contributed by atoms with Gasteiger partial charge in [-0.3, -0.25) is 4.99 Å². The van der Waals surface area contributed by atoms with Gasteiger partial charge in [0, 0.05) is 19.2 Å². The third-order valence-corrected chi connectivity index (χ3v) is 2.85. The Balaban J connectivity index is 1.93. The van der Waals surface area contributed by atoms with Gasteiger partial charge in [0.2, 0.25) is 0 Å². The van der Waals surface area contributed by atoms with E-state index in [4.69, 9.17) is 9.68 Å². The highest BCUT2D eigenvalue weighted by atomic mass is 19.1. The summed E-state index contributed by atoms with van der Waals surface area (Å²) < 4.78 is 18.8. The quantitative estimate of drug-likeness (QED) is 0.667. The third kappa shape index (κ3) is 4.08. The highest BCUT2D eigenvalue weighted by molar-refractivity contribution is 5.79. The van der Waals surface area contributed by atoms with Crippen LogP contribution in [-0.4, -0.2) is 13.0 Å². The zero-order valence-electron chi connectivity index (χ0n) is 11.6. The van der Waals surface area contributed by atoms with Crippen molar-refractivity contribution in [3.8, 4) is 6.07 Å². The molecule has 0 saturated carbocycles. The van der Waals surface area contributed by atoms with Crippen LogP contribution in [0.15, 0.2) is 46.0 Å². The lowest BCUT2D eigenvalue weighted by Gasteiger charge is -2.11. The molecule has 2 N–H and O–H groups in total. The molecule has 0 unspecified atom stereocenters. The largest absolute Gasteiger partial charge is 0.467 e. The van der Waals surface area contributed by atoms with Crippen molar-refractivity contribution in [2.45, 2.75) is 13.1 Å². The molecule has 0 bridgehead atoms. The molecule has 108 valence electrons. The minimum absolute atomic E-state index is 0.235. The number of furan rings is 1. The van der Waals surface area contributed by atoms with E-state index in [-0.39, 0.29) is 12.4 Å². The SMILES string of the molecule is CN=C(NCc1ccco1)NCc1cc(C#N)ccc1F. The van der Waals surface area contributed by atoms with E-state index in [1.165, 1.54) is 18.2 Å². The second-order valence-electron chi connectivity index (χ2n) is 4.28. The van der Waals surface area contributed by atoms with E-state index in [9.17, 15) is 4.39 Å². The van der Waals surface area contributed by atoms with Gasteiger partial charge < -0.3 is 15.1 Å². The van der Waals surface area contributed by atoms with E-state index in [2.05, 4.69) is 15.6 Å². The molecule has 0 aliphatic rings. The fourth-order valence-electron chi connectivity index (χ4n) is 1.76. The van der Waals surface area contributed by atoms with E-state index in [0.29, 0.717) is 23.6 Å². The number of nitrogens with one attached hydrogen (secondary N) is 2. The van der Waals surface area contributed by atoms with Crippen LogP contribution >= 0.6 is 0 Å². The summed E-state index contributed by atoms with van der Waals surface area (Å²) in [5.41, 5.74) is 0.835. The van der Waals surface area contributed by atoms with Crippen LogP contribution in [0, 0.1) is 17.1 Å². The first kappa shape index (κ1) is 14.6. The summed E-state index contributed by atoms with van der Waals surface area (Å²) in [6.45, 7) is 0.715. The van der Waals surface area contributed by atoms with Crippen molar-refractivity contribution < 1.29 is 8.81 Å². The van der Waals surface area contributed by atoms with Crippen LogP contribution in [0.2, 0.25) is 0 Å². The topological polar surface area (TPSA) is 73.3 Å². The predicted octanol–water partition coefficient (Wildman–Crippen LogP) is 2.16. The number of hydrogen-bond acceptors (Lipinski definition) is 3. The number of halogens is 1. The van der Waals surface area contributed by atoms with Crippen molar-refractivity contribution >= 4 is 5.96 Å². The maximum Gasteiger partial charge on any atom is 0.191 e. The number of nitrogens with zero attached hydrogens (tertiary/aromatic N) is 2. The normalized spacial score (nSPS) is 11.0. The maximum atomic E-state index is 13.6. The minimum Gasteiger partial charge on any atom is -0.467 e. The van der Waals surface area contributed by atoms with Crippen LogP contribution < -0.4 is 10.6 Å². The summed E-state index contributed by atoms with van der Waals surface area (Å²) in [4.78, 5) is 4.04. The monoisotopic (exact) mass is 286 g/mol. The van der Waals surface area contributed by atoms with Gasteiger partial charge in [0.25, 0.3) is 0 Å². The highest BCUT2D eigenvalue weighted by Crippen LogP contribution is 2.09. The molecule has 21 heavy (non-hydrogen) atoms. The van der Waals surface area contributed by atoms with Gasteiger partial charge in [-0.2, -0.15) is 5.26 Å². The first-order valence-corrected chi connectivity index (χ1v) is 6.38. The van der Waals surface area contributed by atoms with Gasteiger partial charge in [-0.15, -0.1) is 0 Å². The predicted molar refractivity (Wildman–Crippen MR) is 76.9 cm³/mol. The van der Waals surface area contributed by atoms with Crippen molar-refractivity contribution in [3.05, 3.63) is 59.3 Å². The Labute approximate surface area is 122 Å². The van der Waals surface area contributed by atoms with Gasteiger partial charge in [-0.05, 0) is 30.3 Å². The van der Waals surface area contributed by atoms with Gasteiger partial charge in [-0.25, -0.2) is 4.39 Å². The Morgan fingerprint density at radius 1 is 1.33 bits per heavy atom. The van der Waals surface area contributed by atoms with Gasteiger partial charge in [0.1, 0.15) is 11.6 Å². The van der Waals surface area contributed by atoms with E-state index < -0.39 is 0 Å². The molecule has 2 aromatic rings. The number of benzene rings is 1. The smallest absolute Gasteiger partial charge is 0.191 e. The molecule has 0 amide bonds. The number of hydrogen-bond donors (Lipinski definition) is 2. The van der Waals surface area contributed by atoms with Crippen LogP contribution in [-0.2, 0) is 13.1 Å². The van der Waals surface area contributed by atoms with Gasteiger partial charge in [-0.1, -0.05) is 0 Å². The van der Waals surface area contributed by atoms with Crippen molar-refractivity contribution in [2.24, 2.45) is 4.99 Å². The summed E-state index contributed by atoms with van der Waals surface area (Å²) in [5, 5.41) is 14.9. The number of nitriles is 1. The van der Waals surface area contributed by atoms with E-state index in [0.717, 1.165) is 5.76 Å². The van der Waals surface area contributed by atoms with Crippen molar-refractivity contribution in [3.63, 3.8) is 0 Å². The average Bonchev–Trinajstić information content (AvgIpc) is 3.02. The molecule has 0 radical (unpaired) electrons. The number of rotatable bonds is 4. The molecular formula is C15H15FN4O. The molecule has 0 aliphatic heterocycles. The molecule has 6 heteroatoms. The zero-order chi connectivity index (χ0) is 15.1. The lowest BCUT2D eigenvalue weighted by atomic mass is 10.1. The Morgan fingerprint density at radius 2 is 2.14 bits per heavy atom. The van der Waals surface area contributed by atoms with E-state index in [1.807, 2.05) is 12.1 Å². The molecule has 0 spiro atoms. The summed E-state index contributed by atoms with van der Waals surface area (Å²) in [6, 6.07) is 9.88. The highest BCUT2D eigenvalue weighted by Gasteiger charge is 2.05. The molecule has 0 aliphatic carbocycles. The summed E-state index contributed by atoms with van der Waals surface area (Å²) >= 11 is 0. The maximum absolute atomic E-state index is 13.6. The summed E-state index contributed by atoms with van der Waals surface area (Å²) in [5.74, 6) is 0.937. The van der Waals surface area contributed by atoms with E-state index >= 15 is 0 Å². The van der Waals surface area contributed by atoms with Crippen LogP contribution in [0.1, 0.15) is 16.9 Å². The molecular weight excluding hydrogens is 271 g/mol. The zero-order valence-corrected chi connectivity index (χ0v) is 11.6. The fraction of sp³-hybridized carbons (Fsp3) is 0.200. The molecule has 1 aromatic carbocycles. The van der Waals surface area contributed by atoms with Gasteiger partial charge >= 0.3 is 0 Å². The molecule has 0 saturated heterocycles. The molecule has 1 heterocycles. The number of guanidine groups is 1. The van der Waals surface area contributed by atoms with Crippen LogP contribution in [0.5, 0.6) is 0 Å². The van der Waals surface area contributed by atoms with Gasteiger partial charge in [0.15, 0.2) is 5.96 Å². The van der Waals surface area contributed by atoms with Crippen LogP contribution in [0.4, 0.5) is 4.39 Å². The first-order chi connectivity index (χ1) is 10.2. The fourth-order valence-corrected chi connectivity index (χ4v) is 1.76. The standard InChI is InChI=1S/C15H15FN4O/c1-18-15(20-10-13-3-2-6-21-13)19-9-12-7-11(8-17)4-5-14(12)16/h2-7H,9-10H2,1H3,(H2,18,19,20). The average molecular weight is 286 g/mol. The Bertz CT molecular complexity index is 659. The Kier molecular flexibility index (Phi) is 4.94. The molecule has 2 rings (SSSR count). The molecule has 1 aromatic heterocycles. The third-order valence-electron chi connectivity index (χ3n) is 2.85. The lowest BCUT2D eigenvalue weighted by Crippen LogP contribution is -2.36. The van der Waals surface area contributed by atoms with E-state index in [1.54, 1.807) is 19.4 Å². The van der Waals surface area contributed by atoms with Gasteiger partial charge in [0.05, 0.1) is 24.4 Å². The molecule has 0 atom stereocenters. The summed E-state index contributed by atoms with van der Waals surface area (Å²) in [6.07, 6.45) is 1.59.